The smallest absolute Gasteiger partial charge is 0.335 e. The number of phenolic OH excluding ortho intramolecular Hbond substituents is 1. The highest BCUT2D eigenvalue weighted by molar-refractivity contribution is 6.05. The Balaban J connectivity index is 2.20. The molecule has 0 unspecified atom stereocenters. The number of carbonyl (C=O) groups is 2. The number of pyridine rings is 1. The Kier molecular flexibility index (Phi) is 3.42. The van der Waals surface area contributed by atoms with E-state index in [2.05, 4.69) is 10.3 Å². The molecule has 0 radical (unpaired) electrons. The zero-order chi connectivity index (χ0) is 13.8. The Bertz CT molecular complexity index is 626. The molecule has 3 N–H and O–H groups in total. The minimum Gasteiger partial charge on any atom is -0.506 e. The Morgan fingerprint density at radius 2 is 1.74 bits per heavy atom. The van der Waals surface area contributed by atoms with Gasteiger partial charge in [0.1, 0.15) is 5.75 Å². The van der Waals surface area contributed by atoms with Crippen LogP contribution >= 0.6 is 0 Å². The third-order valence-electron chi connectivity index (χ3n) is 2.44. The molecule has 2 rings (SSSR count). The lowest BCUT2D eigenvalue weighted by Crippen LogP contribution is -2.12. The number of amides is 1. The quantitative estimate of drug-likeness (QED) is 0.728. The number of hydrogen-bond donors (Lipinski definition) is 3. The fourth-order valence-electron chi connectivity index (χ4n) is 1.47. The summed E-state index contributed by atoms with van der Waals surface area (Å²) < 4.78 is 0. The van der Waals surface area contributed by atoms with Crippen molar-refractivity contribution in [3.8, 4) is 5.75 Å². The van der Waals surface area contributed by atoms with Gasteiger partial charge in [-0.15, -0.1) is 0 Å². The third kappa shape index (κ3) is 2.86. The molecule has 6 nitrogen and oxygen atoms in total. The summed E-state index contributed by atoms with van der Waals surface area (Å²) in [5.74, 6) is -1.87. The molecule has 0 saturated carbocycles. The van der Waals surface area contributed by atoms with Gasteiger partial charge in [-0.3, -0.25) is 9.78 Å². The van der Waals surface area contributed by atoms with E-state index >= 15 is 0 Å². The number of nitrogens with one attached hydrogen (secondary N) is 1. The molecule has 6 heteroatoms. The van der Waals surface area contributed by atoms with E-state index in [1.807, 2.05) is 0 Å². The van der Waals surface area contributed by atoms with Crippen LogP contribution in [0.15, 0.2) is 42.7 Å². The van der Waals surface area contributed by atoms with Crippen LogP contribution in [0.2, 0.25) is 0 Å². The SMILES string of the molecule is O=C(O)c1ccc(NC(=O)c2ccncc2)c(O)c1. The Hall–Kier alpha value is -2.89. The van der Waals surface area contributed by atoms with Gasteiger partial charge in [0.15, 0.2) is 0 Å². The lowest BCUT2D eigenvalue weighted by molar-refractivity contribution is 0.0696. The maximum Gasteiger partial charge on any atom is 0.335 e. The van der Waals surface area contributed by atoms with Crippen molar-refractivity contribution in [3.05, 3.63) is 53.9 Å². The predicted octanol–water partition coefficient (Wildman–Crippen LogP) is 1.74. The molecule has 0 saturated heterocycles. The molecule has 1 heterocycles. The molecule has 0 atom stereocenters. The fourth-order valence-corrected chi connectivity index (χ4v) is 1.47. The van der Waals surface area contributed by atoms with Crippen LogP contribution in [0.25, 0.3) is 0 Å². The van der Waals surface area contributed by atoms with Crippen LogP contribution < -0.4 is 5.32 Å². The molecule has 19 heavy (non-hydrogen) atoms. The van der Waals surface area contributed by atoms with Crippen LogP contribution in [0.1, 0.15) is 20.7 Å². The summed E-state index contributed by atoms with van der Waals surface area (Å²) in [6.45, 7) is 0. The van der Waals surface area contributed by atoms with Gasteiger partial charge in [-0.2, -0.15) is 0 Å². The summed E-state index contributed by atoms with van der Waals surface area (Å²) >= 11 is 0. The summed E-state index contributed by atoms with van der Waals surface area (Å²) in [6.07, 6.45) is 2.95. The highest BCUT2D eigenvalue weighted by atomic mass is 16.4. The first-order chi connectivity index (χ1) is 9.08. The number of aromatic carboxylic acids is 1. The summed E-state index contributed by atoms with van der Waals surface area (Å²) in [5.41, 5.74) is 0.475. The van der Waals surface area contributed by atoms with Crippen LogP contribution in [-0.2, 0) is 0 Å². The summed E-state index contributed by atoms with van der Waals surface area (Å²) in [4.78, 5) is 26.3. The van der Waals surface area contributed by atoms with Gasteiger partial charge >= 0.3 is 5.97 Å². The van der Waals surface area contributed by atoms with Crippen LogP contribution in [0.5, 0.6) is 5.75 Å². The van der Waals surface area contributed by atoms with Gasteiger partial charge in [0.2, 0.25) is 0 Å². The van der Waals surface area contributed by atoms with Gasteiger partial charge in [0.05, 0.1) is 11.3 Å². The monoisotopic (exact) mass is 258 g/mol. The largest absolute Gasteiger partial charge is 0.506 e. The molecule has 0 bridgehead atoms. The number of aromatic hydroxyl groups is 1. The van der Waals surface area contributed by atoms with Crippen molar-refractivity contribution >= 4 is 17.6 Å². The number of carbonyl (C=O) groups excluding carboxylic acids is 1. The van der Waals surface area contributed by atoms with Crippen LogP contribution in [-0.4, -0.2) is 27.1 Å². The number of carboxylic acid groups (broad SMARTS) is 1. The van der Waals surface area contributed by atoms with Crippen molar-refractivity contribution in [2.24, 2.45) is 0 Å². The maximum atomic E-state index is 11.8. The molecule has 1 aromatic heterocycles. The van der Waals surface area contributed by atoms with E-state index in [1.54, 1.807) is 0 Å². The molecule has 1 amide bonds. The molecule has 0 aliphatic heterocycles. The fraction of sp³-hybridized carbons (Fsp3) is 0. The maximum absolute atomic E-state index is 11.8. The molecule has 0 fully saturated rings. The highest BCUT2D eigenvalue weighted by Crippen LogP contribution is 2.24. The standard InChI is InChI=1S/C13H10N2O4/c16-11-7-9(13(18)19)1-2-10(11)15-12(17)8-3-5-14-6-4-8/h1-7,16H,(H,15,17)(H,18,19). The first kappa shape index (κ1) is 12.6. The first-order valence-electron chi connectivity index (χ1n) is 5.35. The number of carboxylic acids is 1. The highest BCUT2D eigenvalue weighted by Gasteiger charge is 2.11. The van der Waals surface area contributed by atoms with Crippen molar-refractivity contribution in [2.45, 2.75) is 0 Å². The molecular weight excluding hydrogens is 248 g/mol. The second kappa shape index (κ2) is 5.18. The van der Waals surface area contributed by atoms with Crippen molar-refractivity contribution in [2.75, 3.05) is 5.32 Å². The molecule has 1 aromatic carbocycles. The lowest BCUT2D eigenvalue weighted by Gasteiger charge is -2.07. The zero-order valence-electron chi connectivity index (χ0n) is 9.70. The van der Waals surface area contributed by atoms with E-state index in [-0.39, 0.29) is 17.0 Å². The number of anilines is 1. The molecule has 0 aliphatic carbocycles. The number of hydrogen-bond acceptors (Lipinski definition) is 4. The number of benzene rings is 1. The Morgan fingerprint density at radius 3 is 2.32 bits per heavy atom. The van der Waals surface area contributed by atoms with Crippen molar-refractivity contribution in [1.82, 2.24) is 4.98 Å². The second-order valence-corrected chi connectivity index (χ2v) is 3.73. The molecule has 96 valence electrons. The molecule has 0 aliphatic rings. The topological polar surface area (TPSA) is 99.5 Å². The van der Waals surface area contributed by atoms with E-state index in [1.165, 1.54) is 36.7 Å². The van der Waals surface area contributed by atoms with Crippen molar-refractivity contribution in [3.63, 3.8) is 0 Å². The van der Waals surface area contributed by atoms with Crippen LogP contribution in [0.4, 0.5) is 5.69 Å². The first-order valence-corrected chi connectivity index (χ1v) is 5.35. The molecular formula is C13H10N2O4. The second-order valence-electron chi connectivity index (χ2n) is 3.73. The van der Waals surface area contributed by atoms with Crippen LogP contribution in [0.3, 0.4) is 0 Å². The van der Waals surface area contributed by atoms with Gasteiger partial charge in [0.25, 0.3) is 5.91 Å². The minimum atomic E-state index is -1.15. The van der Waals surface area contributed by atoms with Gasteiger partial charge in [-0.1, -0.05) is 0 Å². The molecule has 2 aromatic rings. The summed E-state index contributed by atoms with van der Waals surface area (Å²) in [6, 6.07) is 6.75. The Labute approximate surface area is 108 Å². The summed E-state index contributed by atoms with van der Waals surface area (Å²) in [5, 5.41) is 20.9. The zero-order valence-corrected chi connectivity index (χ0v) is 9.70. The van der Waals surface area contributed by atoms with Crippen molar-refractivity contribution < 1.29 is 19.8 Å². The average molecular weight is 258 g/mol. The predicted molar refractivity (Wildman–Crippen MR) is 67.3 cm³/mol. The van der Waals surface area contributed by atoms with E-state index in [0.29, 0.717) is 5.56 Å². The van der Waals surface area contributed by atoms with E-state index in [4.69, 9.17) is 5.11 Å². The number of nitrogens with zero attached hydrogens (tertiary/aromatic N) is 1. The van der Waals surface area contributed by atoms with Gasteiger partial charge in [0, 0.05) is 18.0 Å². The third-order valence-corrected chi connectivity index (χ3v) is 2.44. The minimum absolute atomic E-state index is 0.0561. The van der Waals surface area contributed by atoms with Crippen molar-refractivity contribution in [1.29, 1.82) is 0 Å². The number of aromatic nitrogens is 1. The van der Waals surface area contributed by atoms with Gasteiger partial charge in [-0.05, 0) is 30.3 Å². The Morgan fingerprint density at radius 1 is 1.05 bits per heavy atom. The summed E-state index contributed by atoms with van der Waals surface area (Å²) in [7, 11) is 0. The van der Waals surface area contributed by atoms with E-state index in [0.717, 1.165) is 6.07 Å². The van der Waals surface area contributed by atoms with E-state index < -0.39 is 11.9 Å². The van der Waals surface area contributed by atoms with E-state index in [9.17, 15) is 14.7 Å². The van der Waals surface area contributed by atoms with Crippen LogP contribution in [0, 0.1) is 0 Å². The number of rotatable bonds is 3. The van der Waals surface area contributed by atoms with Gasteiger partial charge in [-0.25, -0.2) is 4.79 Å². The van der Waals surface area contributed by atoms with Gasteiger partial charge < -0.3 is 15.5 Å². The normalized spacial score (nSPS) is 9.89. The molecule has 0 spiro atoms. The average Bonchev–Trinajstić information content (AvgIpc) is 2.41. The number of phenols is 1. The lowest BCUT2D eigenvalue weighted by atomic mass is 10.2.